The third-order valence-electron chi connectivity index (χ3n) is 6.61. The molecule has 2 N–H and O–H groups in total. The molecule has 0 aromatic rings. The molecule has 3 unspecified atom stereocenters. The van der Waals surface area contributed by atoms with E-state index in [1.165, 1.54) is 84.0 Å². The first-order valence-electron chi connectivity index (χ1n) is 9.46. The molecule has 3 rings (SSSR count). The smallest absolute Gasteiger partial charge is 0.0333 e. The van der Waals surface area contributed by atoms with E-state index >= 15 is 0 Å². The van der Waals surface area contributed by atoms with Crippen molar-refractivity contribution in [3.63, 3.8) is 0 Å². The van der Waals surface area contributed by atoms with E-state index < -0.39 is 0 Å². The number of nitrogens with zero attached hydrogens (tertiary/aromatic N) is 2. The first kappa shape index (κ1) is 15.8. The third kappa shape index (κ3) is 3.30. The summed E-state index contributed by atoms with van der Waals surface area (Å²) in [5.41, 5.74) is 6.67. The molecule has 21 heavy (non-hydrogen) atoms. The van der Waals surface area contributed by atoms with Gasteiger partial charge >= 0.3 is 0 Å². The van der Waals surface area contributed by atoms with Crippen molar-refractivity contribution in [1.82, 2.24) is 9.80 Å². The van der Waals surface area contributed by atoms with E-state index in [0.717, 1.165) is 18.5 Å². The van der Waals surface area contributed by atoms with Crippen molar-refractivity contribution in [1.29, 1.82) is 0 Å². The van der Waals surface area contributed by atoms with E-state index in [9.17, 15) is 0 Å². The SMILES string of the molecule is CCCC1CCCC(CN)(N2CCN3CCCC3C2)CC1. The molecule has 3 atom stereocenters. The molecule has 0 bridgehead atoms. The van der Waals surface area contributed by atoms with Crippen molar-refractivity contribution in [2.24, 2.45) is 11.7 Å². The Labute approximate surface area is 131 Å². The molecule has 122 valence electrons. The monoisotopic (exact) mass is 293 g/mol. The summed E-state index contributed by atoms with van der Waals surface area (Å²) in [5.74, 6) is 0.969. The lowest BCUT2D eigenvalue weighted by Crippen LogP contribution is -2.61. The summed E-state index contributed by atoms with van der Waals surface area (Å²) in [6.45, 7) is 8.37. The van der Waals surface area contributed by atoms with Gasteiger partial charge in [0.2, 0.25) is 0 Å². The van der Waals surface area contributed by atoms with Crippen LogP contribution in [0.2, 0.25) is 0 Å². The lowest BCUT2D eigenvalue weighted by molar-refractivity contribution is 0.00878. The molecule has 3 nitrogen and oxygen atoms in total. The molecule has 0 aromatic carbocycles. The van der Waals surface area contributed by atoms with Crippen LogP contribution in [0, 0.1) is 5.92 Å². The van der Waals surface area contributed by atoms with E-state index in [1.807, 2.05) is 0 Å². The standard InChI is InChI=1S/C18H35N3/c1-2-5-16-6-3-9-18(15-19,10-8-16)21-13-12-20-11-4-7-17(20)14-21/h16-17H,2-15,19H2,1H3. The summed E-state index contributed by atoms with van der Waals surface area (Å²) in [6, 6.07) is 0.830. The van der Waals surface area contributed by atoms with Gasteiger partial charge in [-0.05, 0) is 44.6 Å². The van der Waals surface area contributed by atoms with E-state index in [4.69, 9.17) is 5.73 Å². The Kier molecular flexibility index (Phi) is 5.23. The van der Waals surface area contributed by atoms with Gasteiger partial charge in [0, 0.05) is 37.8 Å². The van der Waals surface area contributed by atoms with Crippen LogP contribution in [0.3, 0.4) is 0 Å². The Morgan fingerprint density at radius 1 is 1.05 bits per heavy atom. The van der Waals surface area contributed by atoms with Crippen LogP contribution in [0.5, 0.6) is 0 Å². The van der Waals surface area contributed by atoms with Crippen molar-refractivity contribution in [2.45, 2.75) is 76.3 Å². The van der Waals surface area contributed by atoms with Crippen LogP contribution in [0.4, 0.5) is 0 Å². The molecule has 2 heterocycles. The Morgan fingerprint density at radius 3 is 2.76 bits per heavy atom. The molecule has 0 radical (unpaired) electrons. The molecule has 3 heteroatoms. The van der Waals surface area contributed by atoms with E-state index in [-0.39, 0.29) is 0 Å². The predicted molar refractivity (Wildman–Crippen MR) is 89.4 cm³/mol. The van der Waals surface area contributed by atoms with Crippen LogP contribution in [0.15, 0.2) is 0 Å². The van der Waals surface area contributed by atoms with E-state index in [1.54, 1.807) is 0 Å². The quantitative estimate of drug-likeness (QED) is 0.809. The Bertz CT molecular complexity index is 332. The maximum Gasteiger partial charge on any atom is 0.0333 e. The highest BCUT2D eigenvalue weighted by Crippen LogP contribution is 2.37. The van der Waals surface area contributed by atoms with Crippen LogP contribution in [-0.4, -0.2) is 54.1 Å². The van der Waals surface area contributed by atoms with Crippen LogP contribution in [0.1, 0.15) is 64.7 Å². The van der Waals surface area contributed by atoms with Gasteiger partial charge < -0.3 is 5.73 Å². The molecule has 0 amide bonds. The lowest BCUT2D eigenvalue weighted by atomic mass is 9.86. The van der Waals surface area contributed by atoms with Gasteiger partial charge in [-0.15, -0.1) is 0 Å². The van der Waals surface area contributed by atoms with Crippen molar-refractivity contribution in [3.8, 4) is 0 Å². The second-order valence-electron chi connectivity index (χ2n) is 7.79. The van der Waals surface area contributed by atoms with Crippen LogP contribution in [0.25, 0.3) is 0 Å². The Balaban J connectivity index is 1.65. The van der Waals surface area contributed by atoms with Gasteiger partial charge in [-0.3, -0.25) is 9.80 Å². The largest absolute Gasteiger partial charge is 0.329 e. The molecular formula is C18H35N3. The van der Waals surface area contributed by atoms with E-state index in [0.29, 0.717) is 5.54 Å². The summed E-state index contributed by atoms with van der Waals surface area (Å²) >= 11 is 0. The number of hydrogen-bond donors (Lipinski definition) is 1. The lowest BCUT2D eigenvalue weighted by Gasteiger charge is -2.49. The van der Waals surface area contributed by atoms with Gasteiger partial charge in [0.25, 0.3) is 0 Å². The van der Waals surface area contributed by atoms with Gasteiger partial charge in [-0.1, -0.05) is 32.6 Å². The van der Waals surface area contributed by atoms with Gasteiger partial charge in [-0.25, -0.2) is 0 Å². The minimum absolute atomic E-state index is 0.331. The number of nitrogens with two attached hydrogens (primary N) is 1. The number of hydrogen-bond acceptors (Lipinski definition) is 3. The molecule has 0 spiro atoms. The normalized spacial score (nSPS) is 39.1. The zero-order valence-corrected chi connectivity index (χ0v) is 14.0. The van der Waals surface area contributed by atoms with Gasteiger partial charge in [0.05, 0.1) is 0 Å². The fourth-order valence-corrected chi connectivity index (χ4v) is 5.23. The fraction of sp³-hybridized carbons (Fsp3) is 1.00. The highest BCUT2D eigenvalue weighted by atomic mass is 15.3. The van der Waals surface area contributed by atoms with Crippen molar-refractivity contribution in [2.75, 3.05) is 32.7 Å². The number of piperazine rings is 1. The fourth-order valence-electron chi connectivity index (χ4n) is 5.23. The third-order valence-corrected chi connectivity index (χ3v) is 6.61. The summed E-state index contributed by atoms with van der Waals surface area (Å²) in [6.07, 6.45) is 12.5. The molecular weight excluding hydrogens is 258 g/mol. The van der Waals surface area contributed by atoms with Crippen molar-refractivity contribution < 1.29 is 0 Å². The molecule has 2 aliphatic heterocycles. The zero-order chi connectivity index (χ0) is 14.7. The second-order valence-corrected chi connectivity index (χ2v) is 7.79. The van der Waals surface area contributed by atoms with Crippen LogP contribution in [-0.2, 0) is 0 Å². The van der Waals surface area contributed by atoms with Crippen LogP contribution < -0.4 is 5.73 Å². The first-order valence-corrected chi connectivity index (χ1v) is 9.46. The Hall–Kier alpha value is -0.120. The zero-order valence-electron chi connectivity index (χ0n) is 14.0. The highest BCUT2D eigenvalue weighted by molar-refractivity contribution is 4.99. The minimum atomic E-state index is 0.331. The first-order chi connectivity index (χ1) is 10.3. The van der Waals surface area contributed by atoms with Gasteiger partial charge in [0.15, 0.2) is 0 Å². The van der Waals surface area contributed by atoms with Crippen molar-refractivity contribution in [3.05, 3.63) is 0 Å². The predicted octanol–water partition coefficient (Wildman–Crippen LogP) is 2.84. The van der Waals surface area contributed by atoms with Gasteiger partial charge in [-0.2, -0.15) is 0 Å². The summed E-state index contributed by atoms with van der Waals surface area (Å²) in [7, 11) is 0. The number of fused-ring (bicyclic) bond motifs is 1. The molecule has 3 fully saturated rings. The minimum Gasteiger partial charge on any atom is -0.329 e. The molecule has 3 aliphatic rings. The average molecular weight is 293 g/mol. The van der Waals surface area contributed by atoms with Gasteiger partial charge in [0.1, 0.15) is 0 Å². The summed E-state index contributed by atoms with van der Waals surface area (Å²) in [5, 5.41) is 0. The topological polar surface area (TPSA) is 32.5 Å². The van der Waals surface area contributed by atoms with E-state index in [2.05, 4.69) is 16.7 Å². The molecule has 2 saturated heterocycles. The second kappa shape index (κ2) is 6.97. The summed E-state index contributed by atoms with van der Waals surface area (Å²) in [4.78, 5) is 5.53. The highest BCUT2D eigenvalue weighted by Gasteiger charge is 2.41. The average Bonchev–Trinajstić information content (AvgIpc) is 2.88. The van der Waals surface area contributed by atoms with Crippen molar-refractivity contribution >= 4 is 0 Å². The molecule has 1 aliphatic carbocycles. The Morgan fingerprint density at radius 2 is 1.95 bits per heavy atom. The molecule has 0 aromatic heterocycles. The molecule has 1 saturated carbocycles. The number of rotatable bonds is 4. The van der Waals surface area contributed by atoms with Crippen LogP contribution >= 0.6 is 0 Å². The maximum absolute atomic E-state index is 6.34. The maximum atomic E-state index is 6.34. The summed E-state index contributed by atoms with van der Waals surface area (Å²) < 4.78 is 0.